The highest BCUT2D eigenvalue weighted by atomic mass is 35.5. The molecule has 0 saturated carbocycles. The van der Waals surface area contributed by atoms with Gasteiger partial charge in [0, 0.05) is 18.2 Å². The van der Waals surface area contributed by atoms with E-state index < -0.39 is 5.82 Å². The van der Waals surface area contributed by atoms with Crippen molar-refractivity contribution in [3.63, 3.8) is 0 Å². The first kappa shape index (κ1) is 15.5. The summed E-state index contributed by atoms with van der Waals surface area (Å²) in [6, 6.07) is 10.5. The molecule has 23 heavy (non-hydrogen) atoms. The van der Waals surface area contributed by atoms with Gasteiger partial charge in [-0.05, 0) is 37.3 Å². The summed E-state index contributed by atoms with van der Waals surface area (Å²) in [5.41, 5.74) is 1.23. The molecule has 0 fully saturated rings. The highest BCUT2D eigenvalue weighted by Crippen LogP contribution is 2.26. The van der Waals surface area contributed by atoms with Crippen molar-refractivity contribution >= 4 is 29.1 Å². The van der Waals surface area contributed by atoms with Crippen LogP contribution in [-0.2, 0) is 0 Å². The first-order valence-electron chi connectivity index (χ1n) is 7.14. The summed E-state index contributed by atoms with van der Waals surface area (Å²) in [7, 11) is 0. The largest absolute Gasteiger partial charge is 0.348 e. The Kier molecular flexibility index (Phi) is 4.05. The highest BCUT2D eigenvalue weighted by Gasteiger charge is 2.28. The van der Waals surface area contributed by atoms with Crippen LogP contribution in [0.25, 0.3) is 0 Å². The number of carbonyl (C=O) groups is 2. The minimum absolute atomic E-state index is 0.110. The topological polar surface area (TPSA) is 49.4 Å². The van der Waals surface area contributed by atoms with E-state index in [-0.39, 0.29) is 28.4 Å². The molecule has 2 aromatic carbocycles. The number of fused-ring (bicyclic) bond motifs is 1. The molecule has 1 atom stereocenters. The molecule has 0 radical (unpaired) electrons. The highest BCUT2D eigenvalue weighted by molar-refractivity contribution is 6.31. The Bertz CT molecular complexity index is 794. The summed E-state index contributed by atoms with van der Waals surface area (Å²) in [6.45, 7) is 2.14. The van der Waals surface area contributed by atoms with Crippen LogP contribution >= 0.6 is 11.6 Å². The minimum Gasteiger partial charge on any atom is -0.348 e. The predicted molar refractivity (Wildman–Crippen MR) is 86.5 cm³/mol. The number of carbonyl (C=O) groups excluding carboxylic acids is 2. The van der Waals surface area contributed by atoms with Crippen molar-refractivity contribution in [2.75, 3.05) is 11.4 Å². The number of amides is 2. The number of nitrogens with one attached hydrogen (secondary N) is 1. The molecule has 0 bridgehead atoms. The van der Waals surface area contributed by atoms with Gasteiger partial charge in [0.15, 0.2) is 0 Å². The first-order valence-corrected chi connectivity index (χ1v) is 7.52. The third-order valence-electron chi connectivity index (χ3n) is 3.69. The number of benzene rings is 2. The molecule has 1 aliphatic heterocycles. The Morgan fingerprint density at radius 1 is 1.30 bits per heavy atom. The number of hydrogen-bond acceptors (Lipinski definition) is 2. The zero-order chi connectivity index (χ0) is 16.6. The van der Waals surface area contributed by atoms with Crippen LogP contribution in [0, 0.1) is 5.82 Å². The van der Waals surface area contributed by atoms with Crippen molar-refractivity contribution in [3.05, 3.63) is 64.4 Å². The standard InChI is InChI=1S/C17H14ClFN2O2/c1-10-9-21(15-5-3-2-4-12(15)16(22)20-10)17(23)11-6-7-14(19)13(18)8-11/h2-8,10H,9H2,1H3,(H,20,22)/t10-/m0/s1. The molecule has 118 valence electrons. The van der Waals surface area contributed by atoms with Gasteiger partial charge in [-0.2, -0.15) is 0 Å². The average Bonchev–Trinajstić information content (AvgIpc) is 2.66. The second kappa shape index (κ2) is 6.01. The van der Waals surface area contributed by atoms with Gasteiger partial charge in [-0.1, -0.05) is 23.7 Å². The molecule has 1 N–H and O–H groups in total. The zero-order valence-electron chi connectivity index (χ0n) is 12.3. The van der Waals surface area contributed by atoms with Crippen molar-refractivity contribution in [3.8, 4) is 0 Å². The maximum atomic E-state index is 13.3. The Balaban J connectivity index is 2.06. The van der Waals surface area contributed by atoms with E-state index in [0.717, 1.165) is 6.07 Å². The number of rotatable bonds is 1. The molecule has 6 heteroatoms. The SMILES string of the molecule is C[C@H]1CN(C(=O)c2ccc(F)c(Cl)c2)c2ccccc2C(=O)N1. The van der Waals surface area contributed by atoms with Gasteiger partial charge in [-0.3, -0.25) is 9.59 Å². The summed E-state index contributed by atoms with van der Waals surface area (Å²) in [5, 5.41) is 2.73. The molecule has 1 heterocycles. The van der Waals surface area contributed by atoms with E-state index in [2.05, 4.69) is 5.32 Å². The molecule has 0 saturated heterocycles. The van der Waals surface area contributed by atoms with Crippen LogP contribution in [0.2, 0.25) is 5.02 Å². The van der Waals surface area contributed by atoms with E-state index in [9.17, 15) is 14.0 Å². The molecule has 0 unspecified atom stereocenters. The monoisotopic (exact) mass is 332 g/mol. The number of anilines is 1. The smallest absolute Gasteiger partial charge is 0.258 e. The van der Waals surface area contributed by atoms with E-state index >= 15 is 0 Å². The molecule has 3 rings (SSSR count). The van der Waals surface area contributed by atoms with E-state index in [0.29, 0.717) is 17.8 Å². The summed E-state index contributed by atoms with van der Waals surface area (Å²) in [5.74, 6) is -1.13. The Labute approximate surface area is 137 Å². The van der Waals surface area contributed by atoms with Gasteiger partial charge in [-0.25, -0.2) is 4.39 Å². The van der Waals surface area contributed by atoms with Gasteiger partial charge in [0.1, 0.15) is 5.82 Å². The predicted octanol–water partition coefficient (Wildman–Crippen LogP) is 3.26. The third kappa shape index (κ3) is 2.92. The Morgan fingerprint density at radius 3 is 2.78 bits per heavy atom. The van der Waals surface area contributed by atoms with Gasteiger partial charge >= 0.3 is 0 Å². The lowest BCUT2D eigenvalue weighted by Crippen LogP contribution is -2.41. The first-order chi connectivity index (χ1) is 11.0. The average molecular weight is 333 g/mol. The van der Waals surface area contributed by atoms with Gasteiger partial charge in [0.25, 0.3) is 11.8 Å². The zero-order valence-corrected chi connectivity index (χ0v) is 13.1. The van der Waals surface area contributed by atoms with Crippen LogP contribution in [0.5, 0.6) is 0 Å². The number of para-hydroxylation sites is 1. The molecular formula is C17H14ClFN2O2. The van der Waals surface area contributed by atoms with Gasteiger partial charge in [0.05, 0.1) is 16.3 Å². The van der Waals surface area contributed by atoms with Gasteiger partial charge < -0.3 is 10.2 Å². The lowest BCUT2D eigenvalue weighted by molar-refractivity contribution is 0.0939. The Hall–Kier alpha value is -2.40. The molecule has 0 aromatic heterocycles. The van der Waals surface area contributed by atoms with Crippen LogP contribution in [-0.4, -0.2) is 24.4 Å². The lowest BCUT2D eigenvalue weighted by Gasteiger charge is -2.24. The van der Waals surface area contributed by atoms with E-state index in [4.69, 9.17) is 11.6 Å². The number of hydrogen-bond donors (Lipinski definition) is 1. The van der Waals surface area contributed by atoms with Crippen molar-refractivity contribution in [2.24, 2.45) is 0 Å². The normalized spacial score (nSPS) is 17.3. The van der Waals surface area contributed by atoms with E-state index in [1.54, 1.807) is 24.3 Å². The van der Waals surface area contributed by atoms with E-state index in [1.165, 1.54) is 17.0 Å². The maximum absolute atomic E-state index is 13.3. The lowest BCUT2D eigenvalue weighted by atomic mass is 10.1. The van der Waals surface area contributed by atoms with Crippen LogP contribution in [0.3, 0.4) is 0 Å². The molecule has 2 amide bonds. The quantitative estimate of drug-likeness (QED) is 0.871. The third-order valence-corrected chi connectivity index (χ3v) is 3.97. The van der Waals surface area contributed by atoms with Gasteiger partial charge in [-0.15, -0.1) is 0 Å². The van der Waals surface area contributed by atoms with Crippen LogP contribution < -0.4 is 10.2 Å². The van der Waals surface area contributed by atoms with Crippen LogP contribution in [0.4, 0.5) is 10.1 Å². The fourth-order valence-electron chi connectivity index (χ4n) is 2.60. The second-order valence-corrected chi connectivity index (χ2v) is 5.84. The molecular weight excluding hydrogens is 319 g/mol. The Morgan fingerprint density at radius 2 is 2.04 bits per heavy atom. The second-order valence-electron chi connectivity index (χ2n) is 5.44. The van der Waals surface area contributed by atoms with Crippen LogP contribution in [0.1, 0.15) is 27.6 Å². The number of nitrogens with zero attached hydrogens (tertiary/aromatic N) is 1. The molecule has 0 spiro atoms. The minimum atomic E-state index is -0.579. The summed E-state index contributed by atoms with van der Waals surface area (Å²) in [6.07, 6.45) is 0. The van der Waals surface area contributed by atoms with E-state index in [1.807, 2.05) is 6.92 Å². The van der Waals surface area contributed by atoms with Crippen LogP contribution in [0.15, 0.2) is 42.5 Å². The van der Waals surface area contributed by atoms with Crippen molar-refractivity contribution in [1.29, 1.82) is 0 Å². The number of halogens is 2. The molecule has 4 nitrogen and oxygen atoms in total. The maximum Gasteiger partial charge on any atom is 0.258 e. The molecule has 2 aromatic rings. The van der Waals surface area contributed by atoms with Crippen molar-refractivity contribution < 1.29 is 14.0 Å². The summed E-state index contributed by atoms with van der Waals surface area (Å²) < 4.78 is 13.3. The van der Waals surface area contributed by atoms with Gasteiger partial charge in [0.2, 0.25) is 0 Å². The summed E-state index contributed by atoms with van der Waals surface area (Å²) >= 11 is 5.77. The molecule has 1 aliphatic rings. The fraction of sp³-hybridized carbons (Fsp3) is 0.176. The van der Waals surface area contributed by atoms with Crippen molar-refractivity contribution in [2.45, 2.75) is 13.0 Å². The fourth-order valence-corrected chi connectivity index (χ4v) is 2.78. The van der Waals surface area contributed by atoms with Crippen molar-refractivity contribution in [1.82, 2.24) is 5.32 Å². The summed E-state index contributed by atoms with van der Waals surface area (Å²) in [4.78, 5) is 26.6. The molecule has 0 aliphatic carbocycles.